The molecule has 3 N–H and O–H groups in total. The first-order chi connectivity index (χ1) is 18.0. The molecule has 198 valence electrons. The molecule has 2 heterocycles. The van der Waals surface area contributed by atoms with Crippen molar-refractivity contribution in [3.63, 3.8) is 0 Å². The molecule has 37 heavy (non-hydrogen) atoms. The number of carbonyl (C=O) groups is 2. The molecule has 0 saturated heterocycles. The minimum Gasteiger partial charge on any atom is -0.480 e. The highest BCUT2D eigenvalue weighted by Crippen LogP contribution is 2.38. The number of benzene rings is 1. The first-order valence-corrected chi connectivity index (χ1v) is 13.6. The quantitative estimate of drug-likeness (QED) is 0.405. The van der Waals surface area contributed by atoms with Gasteiger partial charge >= 0.3 is 12.1 Å². The van der Waals surface area contributed by atoms with Crippen molar-refractivity contribution in [2.45, 2.75) is 82.0 Å². The molecule has 3 aliphatic rings. The monoisotopic (exact) mass is 507 g/mol. The number of fused-ring (bicyclic) bond motifs is 1. The highest BCUT2D eigenvalue weighted by molar-refractivity contribution is 5.79. The molecule has 2 aromatic rings. The van der Waals surface area contributed by atoms with Crippen molar-refractivity contribution in [3.8, 4) is 0 Å². The Labute approximate surface area is 218 Å². The summed E-state index contributed by atoms with van der Waals surface area (Å²) in [5.41, 5.74) is 3.70. The van der Waals surface area contributed by atoms with Crippen LogP contribution in [0.5, 0.6) is 0 Å². The van der Waals surface area contributed by atoms with Gasteiger partial charge < -0.3 is 25.2 Å². The number of rotatable bonds is 11. The standard InChI is InChI=1S/C29H37N3O5/c33-28(34)26(32-29(35)37-25-17-22(18-25)20-5-2-1-3-6-20)12-14-36-24-15-19(16-24)8-10-23-11-9-21-7-4-13-30-27(21)31-23/h1-3,5-6,9,11,19,22,24-26H,4,7-8,10,12-18H2,(H,30,31)(H,32,35)(H,33,34)/t19?,22?,24?,25?,26-/m0/s1. The van der Waals surface area contributed by atoms with Crippen molar-refractivity contribution in [2.75, 3.05) is 18.5 Å². The average Bonchev–Trinajstić information content (AvgIpc) is 2.86. The van der Waals surface area contributed by atoms with Crippen molar-refractivity contribution >= 4 is 17.9 Å². The van der Waals surface area contributed by atoms with E-state index in [1.807, 2.05) is 18.2 Å². The summed E-state index contributed by atoms with van der Waals surface area (Å²) in [6.07, 6.45) is 7.36. The molecule has 0 unspecified atom stereocenters. The van der Waals surface area contributed by atoms with Crippen molar-refractivity contribution in [1.82, 2.24) is 10.3 Å². The van der Waals surface area contributed by atoms with Crippen LogP contribution in [-0.2, 0) is 27.1 Å². The number of pyridine rings is 1. The van der Waals surface area contributed by atoms with Crippen molar-refractivity contribution in [1.29, 1.82) is 0 Å². The van der Waals surface area contributed by atoms with Crippen molar-refractivity contribution < 1.29 is 24.2 Å². The number of hydrogen-bond acceptors (Lipinski definition) is 6. The molecule has 8 nitrogen and oxygen atoms in total. The Hall–Kier alpha value is -3.13. The molecule has 1 aliphatic heterocycles. The first-order valence-electron chi connectivity index (χ1n) is 13.6. The number of aryl methyl sites for hydroxylation is 2. The molecule has 5 rings (SSSR count). The van der Waals surface area contributed by atoms with Crippen LogP contribution in [0.25, 0.3) is 0 Å². The minimum atomic E-state index is -1.07. The topological polar surface area (TPSA) is 110 Å². The van der Waals surface area contributed by atoms with Gasteiger partial charge in [-0.05, 0) is 80.4 Å². The molecule has 0 bridgehead atoms. The number of nitrogens with one attached hydrogen (secondary N) is 2. The molecule has 1 aromatic heterocycles. The predicted molar refractivity (Wildman–Crippen MR) is 140 cm³/mol. The number of amides is 1. The molecule has 0 radical (unpaired) electrons. The Morgan fingerprint density at radius 2 is 1.89 bits per heavy atom. The van der Waals surface area contributed by atoms with E-state index < -0.39 is 18.1 Å². The number of anilines is 1. The van der Waals surface area contributed by atoms with E-state index in [0.29, 0.717) is 18.4 Å². The van der Waals surface area contributed by atoms with Gasteiger partial charge in [-0.1, -0.05) is 36.4 Å². The second kappa shape index (κ2) is 11.9. The summed E-state index contributed by atoms with van der Waals surface area (Å²) < 4.78 is 11.3. The molecule has 2 aliphatic carbocycles. The zero-order valence-corrected chi connectivity index (χ0v) is 21.2. The van der Waals surface area contributed by atoms with Gasteiger partial charge in [-0.15, -0.1) is 0 Å². The van der Waals surface area contributed by atoms with Crippen LogP contribution >= 0.6 is 0 Å². The van der Waals surface area contributed by atoms with E-state index in [4.69, 9.17) is 14.5 Å². The van der Waals surface area contributed by atoms with E-state index in [2.05, 4.69) is 34.9 Å². The van der Waals surface area contributed by atoms with Crippen LogP contribution in [0, 0.1) is 5.92 Å². The lowest BCUT2D eigenvalue weighted by molar-refractivity contribution is -0.140. The average molecular weight is 508 g/mol. The molecule has 2 fully saturated rings. The predicted octanol–water partition coefficient (Wildman–Crippen LogP) is 4.68. The second-order valence-corrected chi connectivity index (χ2v) is 10.6. The minimum absolute atomic E-state index is 0.162. The summed E-state index contributed by atoms with van der Waals surface area (Å²) in [4.78, 5) is 28.6. The Bertz CT molecular complexity index is 1070. The number of carboxylic acid groups (broad SMARTS) is 1. The molecule has 1 atom stereocenters. The van der Waals surface area contributed by atoms with Gasteiger partial charge in [0.2, 0.25) is 0 Å². The van der Waals surface area contributed by atoms with Gasteiger partial charge in [0, 0.05) is 25.3 Å². The normalized spacial score (nSPS) is 25.0. The van der Waals surface area contributed by atoms with Gasteiger partial charge in [0.1, 0.15) is 18.0 Å². The second-order valence-electron chi connectivity index (χ2n) is 10.6. The number of aliphatic carboxylic acids is 1. The van der Waals surface area contributed by atoms with Crippen molar-refractivity contribution in [2.24, 2.45) is 5.92 Å². The Kier molecular flexibility index (Phi) is 8.24. The number of nitrogens with zero attached hydrogens (tertiary/aromatic N) is 1. The summed E-state index contributed by atoms with van der Waals surface area (Å²) in [5, 5.41) is 15.4. The Morgan fingerprint density at radius 1 is 1.08 bits per heavy atom. The maximum atomic E-state index is 12.2. The highest BCUT2D eigenvalue weighted by atomic mass is 16.6. The number of aromatic nitrogens is 1. The van der Waals surface area contributed by atoms with Gasteiger partial charge in [0.15, 0.2) is 0 Å². The maximum absolute atomic E-state index is 12.2. The Morgan fingerprint density at radius 3 is 2.68 bits per heavy atom. The third-order valence-electron chi connectivity index (χ3n) is 7.94. The van der Waals surface area contributed by atoms with Gasteiger partial charge in [0.05, 0.1) is 6.10 Å². The number of carboxylic acids is 1. The van der Waals surface area contributed by atoms with E-state index in [1.165, 1.54) is 17.5 Å². The first kappa shape index (κ1) is 25.5. The summed E-state index contributed by atoms with van der Waals surface area (Å²) >= 11 is 0. The molecule has 2 saturated carbocycles. The molecular formula is C29H37N3O5. The summed E-state index contributed by atoms with van der Waals surface area (Å²) in [7, 11) is 0. The molecule has 0 spiro atoms. The number of carbonyl (C=O) groups excluding carboxylic acids is 1. The van der Waals surface area contributed by atoms with Gasteiger partial charge in [-0.3, -0.25) is 0 Å². The molecule has 1 amide bonds. The number of ether oxygens (including phenoxy) is 2. The highest BCUT2D eigenvalue weighted by Gasteiger charge is 2.34. The van der Waals surface area contributed by atoms with Crippen LogP contribution < -0.4 is 10.6 Å². The van der Waals surface area contributed by atoms with Crippen LogP contribution in [0.3, 0.4) is 0 Å². The third-order valence-corrected chi connectivity index (χ3v) is 7.94. The lowest BCUT2D eigenvalue weighted by atomic mass is 9.77. The van der Waals surface area contributed by atoms with E-state index in [9.17, 15) is 14.7 Å². The molecular weight excluding hydrogens is 470 g/mol. The molecule has 1 aromatic carbocycles. The lowest BCUT2D eigenvalue weighted by Gasteiger charge is -2.36. The zero-order valence-electron chi connectivity index (χ0n) is 21.2. The van der Waals surface area contributed by atoms with Gasteiger partial charge in [-0.2, -0.15) is 0 Å². The van der Waals surface area contributed by atoms with Crippen LogP contribution in [0.1, 0.15) is 67.7 Å². The smallest absolute Gasteiger partial charge is 0.408 e. The summed E-state index contributed by atoms with van der Waals surface area (Å²) in [6.45, 7) is 1.30. The van der Waals surface area contributed by atoms with Crippen LogP contribution in [0.15, 0.2) is 42.5 Å². The fourth-order valence-corrected chi connectivity index (χ4v) is 5.50. The summed E-state index contributed by atoms with van der Waals surface area (Å²) in [6, 6.07) is 13.5. The fourth-order valence-electron chi connectivity index (χ4n) is 5.50. The van der Waals surface area contributed by atoms with E-state index >= 15 is 0 Å². The SMILES string of the molecule is O=C(N[C@@H](CCOC1CC(CCc2ccc3c(n2)NCCC3)C1)C(=O)O)OC1CC(c2ccccc2)C1. The van der Waals surface area contributed by atoms with E-state index in [0.717, 1.165) is 63.0 Å². The lowest BCUT2D eigenvalue weighted by Crippen LogP contribution is -2.45. The summed E-state index contributed by atoms with van der Waals surface area (Å²) in [5.74, 6) is 0.976. The third kappa shape index (κ3) is 6.80. The number of alkyl carbamates (subject to hydrolysis) is 1. The fraction of sp³-hybridized carbons (Fsp3) is 0.552. The van der Waals surface area contributed by atoms with E-state index in [1.54, 1.807) is 0 Å². The number of hydrogen-bond donors (Lipinski definition) is 3. The van der Waals surface area contributed by atoms with E-state index in [-0.39, 0.29) is 18.6 Å². The van der Waals surface area contributed by atoms with Crippen LogP contribution in [0.2, 0.25) is 0 Å². The maximum Gasteiger partial charge on any atom is 0.408 e. The van der Waals surface area contributed by atoms with Crippen LogP contribution in [-0.4, -0.2) is 53.6 Å². The van der Waals surface area contributed by atoms with Gasteiger partial charge in [0.25, 0.3) is 0 Å². The van der Waals surface area contributed by atoms with Gasteiger partial charge in [-0.25, -0.2) is 14.6 Å². The largest absolute Gasteiger partial charge is 0.480 e. The van der Waals surface area contributed by atoms with Crippen molar-refractivity contribution in [3.05, 3.63) is 59.3 Å². The van der Waals surface area contributed by atoms with Crippen LogP contribution in [0.4, 0.5) is 10.6 Å². The zero-order chi connectivity index (χ0) is 25.6. The molecule has 8 heteroatoms. The Balaban J connectivity index is 0.949.